The lowest BCUT2D eigenvalue weighted by Crippen LogP contribution is -2.44. The molecule has 0 aliphatic heterocycles. The van der Waals surface area contributed by atoms with Gasteiger partial charge in [-0.3, -0.25) is 0 Å². The van der Waals surface area contributed by atoms with Crippen molar-refractivity contribution >= 4 is 16.6 Å². The van der Waals surface area contributed by atoms with Gasteiger partial charge < -0.3 is 33.6 Å². The summed E-state index contributed by atoms with van der Waals surface area (Å²) in [5.74, 6) is 2.71. The fraction of sp³-hybridized carbons (Fsp3) is 0.692. The molecule has 3 N–H and O–H groups in total. The van der Waals surface area contributed by atoms with E-state index in [0.717, 1.165) is 55.4 Å². The lowest BCUT2D eigenvalue weighted by Gasteiger charge is -2.37. The Kier molecular flexibility index (Phi) is 16.0. The Hall–Kier alpha value is -2.05. The van der Waals surface area contributed by atoms with Crippen molar-refractivity contribution in [2.75, 3.05) is 19.8 Å². The van der Waals surface area contributed by atoms with Gasteiger partial charge >= 0.3 is 0 Å². The first kappa shape index (κ1) is 42.1. The molecule has 0 bridgehead atoms. The van der Waals surface area contributed by atoms with E-state index in [1.807, 2.05) is 43.4 Å². The van der Waals surface area contributed by atoms with Gasteiger partial charge in [-0.05, 0) is 85.2 Å². The summed E-state index contributed by atoms with van der Waals surface area (Å²) in [6.07, 6.45) is 4.25. The van der Waals surface area contributed by atoms with Crippen molar-refractivity contribution in [1.29, 1.82) is 0 Å². The minimum absolute atomic E-state index is 0.0538. The maximum atomic E-state index is 11.7. The third-order valence-corrected chi connectivity index (χ3v) is 17.9. The monoisotopic (exact) mass is 704 g/mol. The van der Waals surface area contributed by atoms with E-state index in [-0.39, 0.29) is 16.5 Å². The second kappa shape index (κ2) is 18.3. The van der Waals surface area contributed by atoms with E-state index in [9.17, 15) is 15.0 Å². The summed E-state index contributed by atoms with van der Waals surface area (Å²) in [6, 6.07) is 9.50. The topological polar surface area (TPSA) is 97.6 Å². The van der Waals surface area contributed by atoms with Gasteiger partial charge in [0.25, 0.3) is 0 Å². The Bertz CT molecular complexity index is 1260. The van der Waals surface area contributed by atoms with E-state index in [1.165, 1.54) is 0 Å². The molecule has 0 heterocycles. The Balaban J connectivity index is 2.58. The lowest BCUT2D eigenvalue weighted by molar-refractivity contribution is 0.0183. The van der Waals surface area contributed by atoms with E-state index in [1.54, 1.807) is 0 Å². The molecule has 2 aromatic carbocycles. The summed E-state index contributed by atoms with van der Waals surface area (Å²) in [4.78, 5) is 11.1. The highest BCUT2D eigenvalue weighted by molar-refractivity contribution is 6.74. The van der Waals surface area contributed by atoms with Crippen LogP contribution in [0.25, 0.3) is 0 Å². The molecule has 0 saturated heterocycles. The van der Waals surface area contributed by atoms with Gasteiger partial charge in [0.15, 0.2) is 8.32 Å². The van der Waals surface area contributed by atoms with Crippen molar-refractivity contribution in [3.63, 3.8) is 0 Å². The fourth-order valence-corrected chi connectivity index (χ4v) is 6.47. The maximum absolute atomic E-state index is 11.7. The maximum Gasteiger partial charge on any atom is 0.250 e. The average molecular weight is 705 g/mol. The Morgan fingerprint density at radius 3 is 1.75 bits per heavy atom. The number of hydrogen-bond donors (Lipinski definition) is 3. The van der Waals surface area contributed by atoms with Gasteiger partial charge in [-0.2, -0.15) is 0 Å². The van der Waals surface area contributed by atoms with Crippen LogP contribution >= 0.6 is 0 Å². The van der Waals surface area contributed by atoms with Crippen LogP contribution in [0.4, 0.5) is 0 Å². The summed E-state index contributed by atoms with van der Waals surface area (Å²) < 4.78 is 25.6. The van der Waals surface area contributed by atoms with Crippen molar-refractivity contribution in [2.45, 2.75) is 155 Å². The molecule has 0 unspecified atom stereocenters. The summed E-state index contributed by atoms with van der Waals surface area (Å²) >= 11 is 0. The largest absolute Gasteiger partial charge is 0.543 e. The molecule has 48 heavy (non-hydrogen) atoms. The first-order valence-corrected chi connectivity index (χ1v) is 24.1. The van der Waals surface area contributed by atoms with Crippen LogP contribution in [0.15, 0.2) is 30.3 Å². The Morgan fingerprint density at radius 2 is 1.23 bits per heavy atom. The number of benzene rings is 2. The normalized spacial score (nSPS) is 14.1. The molecule has 0 aromatic heterocycles. The van der Waals surface area contributed by atoms with E-state index < -0.39 is 28.8 Å². The summed E-state index contributed by atoms with van der Waals surface area (Å²) in [6.45, 7) is 27.2. The van der Waals surface area contributed by atoms with Gasteiger partial charge in [-0.1, -0.05) is 80.7 Å². The van der Waals surface area contributed by atoms with Crippen LogP contribution < -0.4 is 18.6 Å². The van der Waals surface area contributed by atoms with E-state index in [0.29, 0.717) is 49.1 Å². The highest BCUT2D eigenvalue weighted by atomic mass is 28.4. The zero-order chi connectivity index (χ0) is 36.3. The van der Waals surface area contributed by atoms with Gasteiger partial charge in [0.2, 0.25) is 8.32 Å². The summed E-state index contributed by atoms with van der Waals surface area (Å²) in [5, 5.41) is 23.0. The molecule has 0 saturated carbocycles. The van der Waals surface area contributed by atoms with Crippen molar-refractivity contribution in [1.82, 2.24) is 0 Å². The molecule has 2 atom stereocenters. The number of unbranched alkanes of at least 4 members (excludes halogenated alkanes) is 3. The lowest BCUT2D eigenvalue weighted by atomic mass is 9.93. The zero-order valence-electron chi connectivity index (χ0n) is 32.3. The molecule has 0 aliphatic carbocycles. The highest BCUT2D eigenvalue weighted by Gasteiger charge is 2.41. The van der Waals surface area contributed by atoms with Crippen molar-refractivity contribution < 1.29 is 33.6 Å². The third kappa shape index (κ3) is 12.1. The van der Waals surface area contributed by atoms with Crippen LogP contribution in [0.5, 0.6) is 23.0 Å². The first-order chi connectivity index (χ1) is 22.3. The second-order valence-corrected chi connectivity index (χ2v) is 25.3. The van der Waals surface area contributed by atoms with E-state index in [2.05, 4.69) is 68.5 Å². The summed E-state index contributed by atoms with van der Waals surface area (Å²) in [7, 11) is -4.82. The number of ether oxygens (including phenoxy) is 3. The van der Waals surface area contributed by atoms with Crippen LogP contribution in [0.3, 0.4) is 0 Å². The molecular formula is C39H68O7Si2. The molecule has 0 fully saturated rings. The highest BCUT2D eigenvalue weighted by Crippen LogP contribution is 2.44. The molecule has 9 heteroatoms. The summed E-state index contributed by atoms with van der Waals surface area (Å²) in [5.41, 5.74) is 2.27. The van der Waals surface area contributed by atoms with Gasteiger partial charge in [0, 0.05) is 24.1 Å². The molecular weight excluding hydrogens is 637 g/mol. The van der Waals surface area contributed by atoms with E-state index >= 15 is 0 Å². The minimum atomic E-state index is -2.52. The van der Waals surface area contributed by atoms with Gasteiger partial charge in [-0.15, -0.1) is 0 Å². The fourth-order valence-electron chi connectivity index (χ4n) is 4.81. The van der Waals surface area contributed by atoms with Crippen LogP contribution in [-0.4, -0.2) is 57.6 Å². The van der Waals surface area contributed by atoms with Crippen LogP contribution in [0.1, 0.15) is 117 Å². The Morgan fingerprint density at radius 1 is 0.708 bits per heavy atom. The van der Waals surface area contributed by atoms with Crippen LogP contribution in [0.2, 0.25) is 36.3 Å². The van der Waals surface area contributed by atoms with Gasteiger partial charge in [0.05, 0.1) is 25.9 Å². The molecule has 0 radical (unpaired) electrons. The molecule has 274 valence electrons. The SMILES string of the molecule is CCCCOc1cc(OCCCC)c(C[C@H](O)[C@@H](O)c2ccc(OCCCC)c(CC(C)(C)[Si](C)(C)O)c2)c(O[Si](C)(C)C(C)(C)C)c1. The quantitative estimate of drug-likeness (QED) is 0.0879. The minimum Gasteiger partial charge on any atom is -0.543 e. The number of aliphatic hydroxyl groups is 2. The standard InChI is InChI=1S/C39H68O7Si2/c1-13-16-21-43-31-25-35(45-23-18-15-3)32(36(26-31)46-48(11,12)38(4,5)6)27-33(40)37(41)29-19-20-34(44-22-17-14-2)30(24-29)28-39(7,8)47(9,10)42/h19-20,24-26,33,37,40-42H,13-18,21-23,27-28H2,1-12H3/t33-,37-/m0/s1. The molecule has 2 rings (SSSR count). The number of hydrogen-bond acceptors (Lipinski definition) is 7. The third-order valence-electron chi connectivity index (χ3n) is 10.1. The Labute approximate surface area is 294 Å². The molecule has 2 aromatic rings. The van der Waals surface area contributed by atoms with Crippen molar-refractivity contribution in [3.8, 4) is 23.0 Å². The second-order valence-electron chi connectivity index (χ2n) is 16.1. The predicted octanol–water partition coefficient (Wildman–Crippen LogP) is 9.76. The van der Waals surface area contributed by atoms with Crippen molar-refractivity contribution in [3.05, 3.63) is 47.0 Å². The van der Waals surface area contributed by atoms with Crippen molar-refractivity contribution in [2.24, 2.45) is 0 Å². The van der Waals surface area contributed by atoms with Gasteiger partial charge in [0.1, 0.15) is 29.1 Å². The number of aliphatic hydroxyl groups excluding tert-OH is 2. The molecule has 0 amide bonds. The first-order valence-electron chi connectivity index (χ1n) is 18.2. The predicted molar refractivity (Wildman–Crippen MR) is 204 cm³/mol. The molecule has 0 aliphatic rings. The van der Waals surface area contributed by atoms with E-state index in [4.69, 9.17) is 18.6 Å². The number of rotatable bonds is 21. The van der Waals surface area contributed by atoms with Crippen LogP contribution in [0, 0.1) is 0 Å². The molecule has 0 spiro atoms. The zero-order valence-corrected chi connectivity index (χ0v) is 34.3. The smallest absolute Gasteiger partial charge is 0.250 e. The van der Waals surface area contributed by atoms with Gasteiger partial charge in [-0.25, -0.2) is 0 Å². The van der Waals surface area contributed by atoms with Crippen LogP contribution in [-0.2, 0) is 12.8 Å². The average Bonchev–Trinajstić information content (AvgIpc) is 2.97. The molecule has 7 nitrogen and oxygen atoms in total.